The Kier molecular flexibility index (Phi) is 3.84. The monoisotopic (exact) mass is 255 g/mol. The molecule has 0 aliphatic carbocycles. The summed E-state index contributed by atoms with van der Waals surface area (Å²) in [6.45, 7) is 0.534. The van der Waals surface area contributed by atoms with E-state index in [9.17, 15) is 4.79 Å². The van der Waals surface area contributed by atoms with Crippen LogP contribution < -0.4 is 5.32 Å². The van der Waals surface area contributed by atoms with Crippen molar-refractivity contribution in [1.29, 1.82) is 5.26 Å². The van der Waals surface area contributed by atoms with Crippen LogP contribution in [0.4, 0.5) is 5.69 Å². The quantitative estimate of drug-likeness (QED) is 0.821. The number of hydrogen-bond acceptors (Lipinski definition) is 4. The number of carbonyl (C=O) groups excluding carboxylic acids is 1. The SMILES string of the molecule is COC(=O)c1ccc(CNc2cccc(C#N)c2)[nH]1. The van der Waals surface area contributed by atoms with Crippen molar-refractivity contribution in [3.8, 4) is 6.07 Å². The largest absolute Gasteiger partial charge is 0.464 e. The zero-order valence-electron chi connectivity index (χ0n) is 10.4. The second-order valence-electron chi connectivity index (χ2n) is 3.93. The molecule has 1 heterocycles. The molecule has 0 saturated heterocycles. The van der Waals surface area contributed by atoms with Gasteiger partial charge in [0, 0.05) is 11.4 Å². The van der Waals surface area contributed by atoms with Gasteiger partial charge in [-0.15, -0.1) is 0 Å². The van der Waals surface area contributed by atoms with E-state index >= 15 is 0 Å². The van der Waals surface area contributed by atoms with E-state index in [0.29, 0.717) is 17.8 Å². The molecule has 0 radical (unpaired) electrons. The Balaban J connectivity index is 2.00. The van der Waals surface area contributed by atoms with Gasteiger partial charge in [-0.2, -0.15) is 5.26 Å². The number of rotatable bonds is 4. The highest BCUT2D eigenvalue weighted by Gasteiger charge is 2.07. The Morgan fingerprint density at radius 2 is 2.26 bits per heavy atom. The van der Waals surface area contributed by atoms with Crippen LogP contribution in [0.2, 0.25) is 0 Å². The van der Waals surface area contributed by atoms with Crippen LogP contribution in [0.3, 0.4) is 0 Å². The van der Waals surface area contributed by atoms with Gasteiger partial charge < -0.3 is 15.0 Å². The van der Waals surface area contributed by atoms with Crippen molar-refractivity contribution >= 4 is 11.7 Å². The first-order valence-corrected chi connectivity index (χ1v) is 5.73. The van der Waals surface area contributed by atoms with E-state index < -0.39 is 5.97 Å². The normalized spacial score (nSPS) is 9.68. The van der Waals surface area contributed by atoms with Crippen LogP contribution >= 0.6 is 0 Å². The first kappa shape index (κ1) is 12.7. The number of aromatic amines is 1. The second kappa shape index (κ2) is 5.74. The minimum atomic E-state index is -0.391. The summed E-state index contributed by atoms with van der Waals surface area (Å²) in [6, 6.07) is 12.8. The van der Waals surface area contributed by atoms with Crippen LogP contribution in [0, 0.1) is 11.3 Å². The molecular formula is C14H13N3O2. The summed E-state index contributed by atoms with van der Waals surface area (Å²) in [7, 11) is 1.34. The summed E-state index contributed by atoms with van der Waals surface area (Å²) in [5, 5.41) is 12.0. The lowest BCUT2D eigenvalue weighted by Gasteiger charge is -2.05. The van der Waals surface area contributed by atoms with Gasteiger partial charge >= 0.3 is 5.97 Å². The highest BCUT2D eigenvalue weighted by molar-refractivity contribution is 5.87. The van der Waals surface area contributed by atoms with Gasteiger partial charge in [-0.3, -0.25) is 0 Å². The van der Waals surface area contributed by atoms with Gasteiger partial charge in [0.05, 0.1) is 25.3 Å². The predicted octanol–water partition coefficient (Wildman–Crippen LogP) is 2.29. The molecule has 0 bridgehead atoms. The fourth-order valence-corrected chi connectivity index (χ4v) is 1.67. The molecule has 0 aliphatic rings. The summed E-state index contributed by atoms with van der Waals surface area (Å²) < 4.78 is 4.62. The molecule has 5 heteroatoms. The number of methoxy groups -OCH3 is 1. The summed E-state index contributed by atoms with van der Waals surface area (Å²) in [6.07, 6.45) is 0. The minimum Gasteiger partial charge on any atom is -0.464 e. The van der Waals surface area contributed by atoms with Crippen LogP contribution in [-0.4, -0.2) is 18.1 Å². The van der Waals surface area contributed by atoms with Gasteiger partial charge in [0.1, 0.15) is 5.69 Å². The number of nitrogens with one attached hydrogen (secondary N) is 2. The third kappa shape index (κ3) is 3.13. The lowest BCUT2D eigenvalue weighted by atomic mass is 10.2. The van der Waals surface area contributed by atoms with Crippen molar-refractivity contribution in [3.63, 3.8) is 0 Å². The molecule has 0 aliphatic heterocycles. The van der Waals surface area contributed by atoms with Crippen molar-refractivity contribution in [3.05, 3.63) is 53.3 Å². The van der Waals surface area contributed by atoms with E-state index in [0.717, 1.165) is 11.4 Å². The maximum atomic E-state index is 11.3. The predicted molar refractivity (Wildman–Crippen MR) is 70.6 cm³/mol. The van der Waals surface area contributed by atoms with Gasteiger partial charge in [-0.05, 0) is 30.3 Å². The number of aromatic nitrogens is 1. The summed E-state index contributed by atoms with van der Waals surface area (Å²) in [5.41, 5.74) is 2.74. The molecule has 0 saturated carbocycles. The van der Waals surface area contributed by atoms with Gasteiger partial charge in [0.25, 0.3) is 0 Å². The first-order chi connectivity index (χ1) is 9.22. The Morgan fingerprint density at radius 3 is 3.00 bits per heavy atom. The topological polar surface area (TPSA) is 77.9 Å². The molecule has 96 valence electrons. The average Bonchev–Trinajstić information content (AvgIpc) is 2.93. The average molecular weight is 255 g/mol. The summed E-state index contributed by atoms with van der Waals surface area (Å²) in [4.78, 5) is 14.2. The molecule has 0 unspecified atom stereocenters. The molecule has 5 nitrogen and oxygen atoms in total. The molecule has 1 aromatic carbocycles. The number of nitrogens with zero attached hydrogens (tertiary/aromatic N) is 1. The van der Waals surface area contributed by atoms with Crippen LogP contribution in [-0.2, 0) is 11.3 Å². The van der Waals surface area contributed by atoms with Crippen molar-refractivity contribution in [1.82, 2.24) is 4.98 Å². The zero-order valence-corrected chi connectivity index (χ0v) is 10.4. The second-order valence-corrected chi connectivity index (χ2v) is 3.93. The lowest BCUT2D eigenvalue weighted by molar-refractivity contribution is 0.0594. The maximum absolute atomic E-state index is 11.3. The highest BCUT2D eigenvalue weighted by atomic mass is 16.5. The standard InChI is InChI=1S/C14H13N3O2/c1-19-14(18)13-6-5-12(17-13)9-16-11-4-2-3-10(7-11)8-15/h2-7,16-17H,9H2,1H3. The lowest BCUT2D eigenvalue weighted by Crippen LogP contribution is -2.03. The van der Waals surface area contributed by atoms with E-state index in [1.165, 1.54) is 7.11 Å². The Morgan fingerprint density at radius 1 is 1.42 bits per heavy atom. The molecular weight excluding hydrogens is 242 g/mol. The maximum Gasteiger partial charge on any atom is 0.354 e. The molecule has 2 N–H and O–H groups in total. The Bertz CT molecular complexity index is 626. The third-order valence-electron chi connectivity index (χ3n) is 2.63. The van der Waals surface area contributed by atoms with E-state index in [2.05, 4.69) is 21.1 Å². The fourth-order valence-electron chi connectivity index (χ4n) is 1.67. The number of carbonyl (C=O) groups is 1. The van der Waals surface area contributed by atoms with Crippen molar-refractivity contribution in [2.45, 2.75) is 6.54 Å². The summed E-state index contributed by atoms with van der Waals surface area (Å²) >= 11 is 0. The molecule has 1 aromatic heterocycles. The number of ether oxygens (including phenoxy) is 1. The Labute approximate surface area is 110 Å². The number of H-pyrrole nitrogens is 1. The van der Waals surface area contributed by atoms with Crippen LogP contribution in [0.25, 0.3) is 0 Å². The van der Waals surface area contributed by atoms with Crippen LogP contribution in [0.15, 0.2) is 36.4 Å². The fraction of sp³-hybridized carbons (Fsp3) is 0.143. The van der Waals surface area contributed by atoms with E-state index in [-0.39, 0.29) is 0 Å². The van der Waals surface area contributed by atoms with Crippen molar-refractivity contribution < 1.29 is 9.53 Å². The third-order valence-corrected chi connectivity index (χ3v) is 2.63. The molecule has 0 atom stereocenters. The molecule has 0 amide bonds. The van der Waals surface area contributed by atoms with E-state index in [1.54, 1.807) is 18.2 Å². The van der Waals surface area contributed by atoms with Crippen molar-refractivity contribution in [2.24, 2.45) is 0 Å². The molecule has 19 heavy (non-hydrogen) atoms. The van der Waals surface area contributed by atoms with E-state index in [1.807, 2.05) is 18.2 Å². The van der Waals surface area contributed by atoms with Gasteiger partial charge in [-0.1, -0.05) is 6.07 Å². The zero-order chi connectivity index (χ0) is 13.7. The molecule has 2 rings (SSSR count). The first-order valence-electron chi connectivity index (χ1n) is 5.73. The highest BCUT2D eigenvalue weighted by Crippen LogP contribution is 2.11. The number of hydrogen-bond donors (Lipinski definition) is 2. The van der Waals surface area contributed by atoms with E-state index in [4.69, 9.17) is 5.26 Å². The van der Waals surface area contributed by atoms with Crippen LogP contribution in [0.5, 0.6) is 0 Å². The molecule has 0 fully saturated rings. The van der Waals surface area contributed by atoms with Gasteiger partial charge in [0.15, 0.2) is 0 Å². The number of anilines is 1. The molecule has 0 spiro atoms. The van der Waals surface area contributed by atoms with Crippen molar-refractivity contribution in [2.75, 3.05) is 12.4 Å². The van der Waals surface area contributed by atoms with Gasteiger partial charge in [0.2, 0.25) is 0 Å². The van der Waals surface area contributed by atoms with Gasteiger partial charge in [-0.25, -0.2) is 4.79 Å². The molecule has 2 aromatic rings. The number of esters is 1. The smallest absolute Gasteiger partial charge is 0.354 e. The minimum absolute atomic E-state index is 0.391. The Hall–Kier alpha value is -2.74. The summed E-state index contributed by atoms with van der Waals surface area (Å²) in [5.74, 6) is -0.391. The number of benzene rings is 1. The van der Waals surface area contributed by atoms with Crippen LogP contribution in [0.1, 0.15) is 21.7 Å². The number of nitriles is 1.